The molecule has 28 heavy (non-hydrogen) atoms. The lowest BCUT2D eigenvalue weighted by atomic mass is 9.92. The molecule has 1 amide bonds. The van der Waals surface area contributed by atoms with Gasteiger partial charge in [-0.2, -0.15) is 0 Å². The minimum Gasteiger partial charge on any atom is -0.454 e. The maximum Gasteiger partial charge on any atom is 0.231 e. The number of likely N-dealkylation sites (tertiary alicyclic amines) is 1. The van der Waals surface area contributed by atoms with Gasteiger partial charge in [-0.25, -0.2) is 0 Å². The topological polar surface area (TPSA) is 60.0 Å². The lowest BCUT2D eigenvalue weighted by Crippen LogP contribution is -2.49. The first-order valence-electron chi connectivity index (χ1n) is 10.2. The van der Waals surface area contributed by atoms with Gasteiger partial charge in [0.15, 0.2) is 11.5 Å². The van der Waals surface area contributed by atoms with Gasteiger partial charge in [-0.05, 0) is 57.7 Å². The third-order valence-corrected chi connectivity index (χ3v) is 6.30. The maximum atomic E-state index is 12.5. The number of hydrogen-bond donors (Lipinski definition) is 1. The van der Waals surface area contributed by atoms with Crippen molar-refractivity contribution in [3.63, 3.8) is 0 Å². The fraction of sp³-hybridized carbons (Fsp3) is 0.667. The number of rotatable bonds is 6. The van der Waals surface area contributed by atoms with Crippen LogP contribution in [0.3, 0.4) is 0 Å². The molecule has 0 unspecified atom stereocenters. The molecule has 0 aromatic heterocycles. The molecule has 2 fully saturated rings. The predicted octanol–water partition coefficient (Wildman–Crippen LogP) is 3.50. The van der Waals surface area contributed by atoms with Crippen LogP contribution in [0.4, 0.5) is 0 Å². The first-order valence-corrected chi connectivity index (χ1v) is 10.5. The van der Waals surface area contributed by atoms with Crippen molar-refractivity contribution in [2.45, 2.75) is 70.2 Å². The van der Waals surface area contributed by atoms with Crippen LogP contribution in [0.25, 0.3) is 0 Å². The molecule has 7 heteroatoms. The Morgan fingerprint density at radius 2 is 2.04 bits per heavy atom. The van der Waals surface area contributed by atoms with Crippen molar-refractivity contribution in [3.8, 4) is 11.5 Å². The fourth-order valence-corrected chi connectivity index (χ4v) is 4.79. The lowest BCUT2D eigenvalue weighted by Gasteiger charge is -2.42. The highest BCUT2D eigenvalue weighted by atomic mass is 35.5. The molecule has 2 atom stereocenters. The monoisotopic (exact) mass is 408 g/mol. The van der Waals surface area contributed by atoms with Gasteiger partial charge in [0, 0.05) is 42.7 Å². The number of hydrogen-bond acceptors (Lipinski definition) is 5. The molecule has 2 saturated heterocycles. The zero-order valence-corrected chi connectivity index (χ0v) is 17.4. The van der Waals surface area contributed by atoms with E-state index in [0.717, 1.165) is 50.1 Å². The normalized spacial score (nSPS) is 26.1. The van der Waals surface area contributed by atoms with Crippen molar-refractivity contribution in [3.05, 3.63) is 22.7 Å². The smallest absolute Gasteiger partial charge is 0.231 e. The predicted molar refractivity (Wildman–Crippen MR) is 107 cm³/mol. The summed E-state index contributed by atoms with van der Waals surface area (Å²) >= 11 is 6.34. The Morgan fingerprint density at radius 1 is 1.25 bits per heavy atom. The van der Waals surface area contributed by atoms with Crippen LogP contribution in [0, 0.1) is 0 Å². The number of nitrogens with zero attached hydrogens (tertiary/aromatic N) is 1. The quantitative estimate of drug-likeness (QED) is 0.730. The summed E-state index contributed by atoms with van der Waals surface area (Å²) in [7, 11) is 0. The molecule has 0 saturated carbocycles. The van der Waals surface area contributed by atoms with Crippen LogP contribution in [-0.2, 0) is 16.1 Å². The number of benzene rings is 1. The molecular weight excluding hydrogens is 380 g/mol. The molecule has 1 aromatic carbocycles. The summed E-state index contributed by atoms with van der Waals surface area (Å²) in [6.07, 6.45) is 4.41. The van der Waals surface area contributed by atoms with Crippen molar-refractivity contribution >= 4 is 17.5 Å². The average Bonchev–Trinajstić information content (AvgIpc) is 3.23. The summed E-state index contributed by atoms with van der Waals surface area (Å²) in [4.78, 5) is 14.7. The molecule has 3 aliphatic heterocycles. The molecule has 0 radical (unpaired) electrons. The van der Waals surface area contributed by atoms with E-state index in [0.29, 0.717) is 41.7 Å². The van der Waals surface area contributed by atoms with E-state index >= 15 is 0 Å². The van der Waals surface area contributed by atoms with Gasteiger partial charge in [0.05, 0.1) is 5.60 Å². The highest BCUT2D eigenvalue weighted by Gasteiger charge is 2.40. The van der Waals surface area contributed by atoms with Gasteiger partial charge in [0.25, 0.3) is 0 Å². The Labute approximate surface area is 171 Å². The third kappa shape index (κ3) is 4.24. The van der Waals surface area contributed by atoms with E-state index in [4.69, 9.17) is 25.8 Å². The minimum absolute atomic E-state index is 0.148. The number of carbonyl (C=O) groups excluding carboxylic acids is 1. The van der Waals surface area contributed by atoms with Gasteiger partial charge in [-0.3, -0.25) is 4.79 Å². The van der Waals surface area contributed by atoms with Crippen LogP contribution in [0.1, 0.15) is 51.5 Å². The summed E-state index contributed by atoms with van der Waals surface area (Å²) in [6.45, 7) is 6.72. The summed E-state index contributed by atoms with van der Waals surface area (Å²) < 4.78 is 16.6. The van der Waals surface area contributed by atoms with Gasteiger partial charge < -0.3 is 24.4 Å². The zero-order valence-electron chi connectivity index (χ0n) is 16.6. The van der Waals surface area contributed by atoms with Crippen LogP contribution in [0.2, 0.25) is 5.02 Å². The minimum atomic E-state index is -0.148. The Kier molecular flexibility index (Phi) is 5.72. The van der Waals surface area contributed by atoms with Crippen molar-refractivity contribution < 1.29 is 19.0 Å². The highest BCUT2D eigenvalue weighted by Crippen LogP contribution is 2.37. The number of ether oxygens (including phenoxy) is 3. The van der Waals surface area contributed by atoms with E-state index in [1.807, 2.05) is 12.1 Å². The van der Waals surface area contributed by atoms with Crippen molar-refractivity contribution in [2.75, 3.05) is 19.9 Å². The van der Waals surface area contributed by atoms with E-state index in [9.17, 15) is 4.79 Å². The van der Waals surface area contributed by atoms with Crippen LogP contribution >= 0.6 is 11.6 Å². The van der Waals surface area contributed by atoms with Crippen molar-refractivity contribution in [1.29, 1.82) is 0 Å². The van der Waals surface area contributed by atoms with E-state index in [2.05, 4.69) is 24.1 Å². The highest BCUT2D eigenvalue weighted by molar-refractivity contribution is 6.31. The summed E-state index contributed by atoms with van der Waals surface area (Å²) in [5.74, 6) is 1.75. The molecule has 3 aliphatic rings. The molecule has 154 valence electrons. The summed E-state index contributed by atoms with van der Waals surface area (Å²) in [5.41, 5.74) is 0.849. The molecule has 3 heterocycles. The van der Waals surface area contributed by atoms with Gasteiger partial charge in [-0.1, -0.05) is 11.6 Å². The largest absolute Gasteiger partial charge is 0.454 e. The van der Waals surface area contributed by atoms with E-state index in [-0.39, 0.29) is 12.4 Å². The van der Waals surface area contributed by atoms with Crippen LogP contribution in [0.15, 0.2) is 12.1 Å². The van der Waals surface area contributed by atoms with E-state index in [1.54, 1.807) is 0 Å². The molecule has 0 aliphatic carbocycles. The van der Waals surface area contributed by atoms with Crippen LogP contribution in [-0.4, -0.2) is 48.4 Å². The molecule has 1 aromatic rings. The van der Waals surface area contributed by atoms with Gasteiger partial charge in [-0.15, -0.1) is 0 Å². The third-order valence-electron chi connectivity index (χ3n) is 5.95. The maximum absolute atomic E-state index is 12.5. The molecular formula is C21H29ClN2O4. The average molecular weight is 409 g/mol. The summed E-state index contributed by atoms with van der Waals surface area (Å²) in [6, 6.07) is 4.36. The lowest BCUT2D eigenvalue weighted by molar-refractivity contribution is -0.138. The number of fused-ring (bicyclic) bond motifs is 1. The first-order chi connectivity index (χ1) is 13.4. The van der Waals surface area contributed by atoms with Crippen molar-refractivity contribution in [2.24, 2.45) is 0 Å². The number of nitrogens with one attached hydrogen (secondary N) is 1. The van der Waals surface area contributed by atoms with E-state index in [1.165, 1.54) is 0 Å². The Bertz CT molecular complexity index is 739. The van der Waals surface area contributed by atoms with Gasteiger partial charge in [0.1, 0.15) is 0 Å². The second kappa shape index (κ2) is 8.09. The zero-order chi connectivity index (χ0) is 19.7. The number of halogens is 1. The Morgan fingerprint density at radius 3 is 2.82 bits per heavy atom. The first kappa shape index (κ1) is 19.8. The van der Waals surface area contributed by atoms with Crippen LogP contribution < -0.4 is 14.8 Å². The molecule has 0 spiro atoms. The molecule has 6 nitrogen and oxygen atoms in total. The number of carbonyl (C=O) groups is 1. The summed E-state index contributed by atoms with van der Waals surface area (Å²) in [5, 5.41) is 4.15. The molecule has 1 N–H and O–H groups in total. The van der Waals surface area contributed by atoms with E-state index < -0.39 is 0 Å². The standard InChI is InChI=1S/C21H29ClN2O4/c1-21(2)11-16(6-8-28-21)24-15(3-4-20(24)25)5-7-23-12-14-9-18-19(10-17(14)22)27-13-26-18/h9-10,15-16,23H,3-8,11-13H2,1-2H3/t15-,16-/m0/s1. The number of amides is 1. The second-order valence-electron chi connectivity index (χ2n) is 8.51. The second-order valence-corrected chi connectivity index (χ2v) is 8.92. The van der Waals surface area contributed by atoms with Gasteiger partial charge in [0.2, 0.25) is 12.7 Å². The van der Waals surface area contributed by atoms with Crippen LogP contribution in [0.5, 0.6) is 11.5 Å². The SMILES string of the molecule is CC1(C)C[C@@H](N2C(=O)CC[C@H]2CCNCc2cc3c(cc2Cl)OCO3)CCO1. The Balaban J connectivity index is 1.30. The van der Waals surface area contributed by atoms with Crippen molar-refractivity contribution in [1.82, 2.24) is 10.2 Å². The fourth-order valence-electron chi connectivity index (χ4n) is 4.57. The molecule has 0 bridgehead atoms. The molecule has 4 rings (SSSR count). The Hall–Kier alpha value is -1.50. The van der Waals surface area contributed by atoms with Gasteiger partial charge >= 0.3 is 0 Å².